The molecule has 12 heavy (non-hydrogen) atoms. The summed E-state index contributed by atoms with van der Waals surface area (Å²) in [7, 11) is -2.07. The summed E-state index contributed by atoms with van der Waals surface area (Å²) in [5.74, 6) is 0. The van der Waals surface area contributed by atoms with Gasteiger partial charge in [0, 0.05) is 10.7 Å². The van der Waals surface area contributed by atoms with E-state index in [2.05, 4.69) is 25.6 Å². The molecule has 6 heteroatoms. The molecule has 0 fully saturated rings. The van der Waals surface area contributed by atoms with E-state index in [1.165, 1.54) is 19.3 Å². The molecule has 0 saturated carbocycles. The van der Waals surface area contributed by atoms with Crippen LogP contribution in [-0.2, 0) is 10.0 Å². The van der Waals surface area contributed by atoms with Gasteiger partial charge in [0.25, 0.3) is 10.0 Å². The highest BCUT2D eigenvalue weighted by molar-refractivity contribution is 9.10. The van der Waals surface area contributed by atoms with Gasteiger partial charge in [-0.05, 0) is 19.2 Å². The quantitative estimate of drug-likeness (QED) is 0.843. The Bertz CT molecular complexity index is 377. The number of sulfonamides is 1. The van der Waals surface area contributed by atoms with Crippen molar-refractivity contribution in [2.75, 3.05) is 7.05 Å². The summed E-state index contributed by atoms with van der Waals surface area (Å²) in [6, 6.07) is 3.10. The Hall–Kier alpha value is -0.460. The van der Waals surface area contributed by atoms with Gasteiger partial charge in [0.1, 0.15) is 0 Å². The van der Waals surface area contributed by atoms with Crippen LogP contribution >= 0.6 is 15.9 Å². The predicted molar refractivity (Wildman–Crippen MR) is 48.2 cm³/mol. The average molecular weight is 251 g/mol. The molecular weight excluding hydrogens is 244 g/mol. The molecule has 66 valence electrons. The second-order valence-electron chi connectivity index (χ2n) is 2.02. The van der Waals surface area contributed by atoms with E-state index >= 15 is 0 Å². The molecule has 1 rings (SSSR count). The Balaban J connectivity index is 3.21. The van der Waals surface area contributed by atoms with Crippen molar-refractivity contribution in [3.63, 3.8) is 0 Å². The van der Waals surface area contributed by atoms with Crippen LogP contribution in [0.2, 0.25) is 0 Å². The molecule has 0 aliphatic heterocycles. The molecule has 0 aliphatic rings. The van der Waals surface area contributed by atoms with E-state index in [9.17, 15) is 8.42 Å². The van der Waals surface area contributed by atoms with Crippen molar-refractivity contribution in [2.24, 2.45) is 0 Å². The summed E-state index contributed by atoms with van der Waals surface area (Å²) < 4.78 is 25.2. The Morgan fingerprint density at radius 3 is 2.75 bits per heavy atom. The highest BCUT2D eigenvalue weighted by atomic mass is 79.9. The van der Waals surface area contributed by atoms with Crippen LogP contribution in [0.15, 0.2) is 27.8 Å². The molecule has 1 aromatic heterocycles. The molecule has 0 atom stereocenters. The second-order valence-corrected chi connectivity index (χ2v) is 4.77. The lowest BCUT2D eigenvalue weighted by Gasteiger charge is -2.00. The maximum absolute atomic E-state index is 11.2. The van der Waals surface area contributed by atoms with Crippen LogP contribution in [-0.4, -0.2) is 20.4 Å². The number of hydrogen-bond acceptors (Lipinski definition) is 3. The molecule has 0 amide bonds. The topological polar surface area (TPSA) is 59.1 Å². The van der Waals surface area contributed by atoms with Crippen LogP contribution < -0.4 is 4.72 Å². The van der Waals surface area contributed by atoms with Gasteiger partial charge < -0.3 is 0 Å². The summed E-state index contributed by atoms with van der Waals surface area (Å²) in [4.78, 5) is 3.70. The molecular formula is C6H7BrN2O2S. The van der Waals surface area contributed by atoms with Crippen LogP contribution in [0.4, 0.5) is 0 Å². The zero-order valence-corrected chi connectivity index (χ0v) is 8.68. The first kappa shape index (κ1) is 9.63. The fourth-order valence-corrected chi connectivity index (χ4v) is 1.81. The highest BCUT2D eigenvalue weighted by Gasteiger charge is 2.12. The Labute approximate surface area is 79.2 Å². The lowest BCUT2D eigenvalue weighted by Crippen LogP contribution is -2.19. The summed E-state index contributed by atoms with van der Waals surface area (Å²) in [6.07, 6.45) is 1.42. The van der Waals surface area contributed by atoms with Crippen molar-refractivity contribution < 1.29 is 8.42 Å². The maximum atomic E-state index is 11.2. The third kappa shape index (κ3) is 2.02. The average Bonchev–Trinajstić information content (AvgIpc) is 2.05. The number of aromatic nitrogens is 1. The highest BCUT2D eigenvalue weighted by Crippen LogP contribution is 2.12. The largest absolute Gasteiger partial charge is 0.257 e. The van der Waals surface area contributed by atoms with Crippen LogP contribution in [0.25, 0.3) is 0 Å². The minimum absolute atomic E-state index is 0.0133. The van der Waals surface area contributed by atoms with E-state index in [4.69, 9.17) is 0 Å². The van der Waals surface area contributed by atoms with Crippen molar-refractivity contribution >= 4 is 26.0 Å². The van der Waals surface area contributed by atoms with Crippen molar-refractivity contribution in [3.05, 3.63) is 22.8 Å². The first-order chi connectivity index (χ1) is 5.56. The summed E-state index contributed by atoms with van der Waals surface area (Å²) in [6.45, 7) is 0. The normalized spacial score (nSPS) is 11.5. The molecule has 0 aliphatic carbocycles. The monoisotopic (exact) mass is 250 g/mol. The lowest BCUT2D eigenvalue weighted by atomic mass is 10.5. The summed E-state index contributed by atoms with van der Waals surface area (Å²) in [5, 5.41) is 0.0133. The molecule has 1 heterocycles. The minimum atomic E-state index is -3.41. The van der Waals surface area contributed by atoms with Crippen molar-refractivity contribution in [2.45, 2.75) is 5.03 Å². The number of pyridine rings is 1. The first-order valence-corrected chi connectivity index (χ1v) is 5.39. The molecule has 0 spiro atoms. The van der Waals surface area contributed by atoms with Crippen molar-refractivity contribution in [1.29, 1.82) is 0 Å². The Morgan fingerprint density at radius 1 is 1.58 bits per heavy atom. The van der Waals surface area contributed by atoms with Crippen LogP contribution in [0, 0.1) is 0 Å². The van der Waals surface area contributed by atoms with Gasteiger partial charge >= 0.3 is 0 Å². The number of rotatable bonds is 2. The van der Waals surface area contributed by atoms with E-state index in [1.54, 1.807) is 6.07 Å². The number of hydrogen-bond donors (Lipinski definition) is 1. The smallest absolute Gasteiger partial charge is 0.243 e. The van der Waals surface area contributed by atoms with Gasteiger partial charge in [-0.2, -0.15) is 0 Å². The molecule has 0 radical (unpaired) electrons. The van der Waals surface area contributed by atoms with E-state index in [0.29, 0.717) is 4.47 Å². The van der Waals surface area contributed by atoms with Crippen molar-refractivity contribution in [3.8, 4) is 0 Å². The third-order valence-electron chi connectivity index (χ3n) is 1.24. The van der Waals surface area contributed by atoms with Gasteiger partial charge in [-0.15, -0.1) is 0 Å². The molecule has 1 aromatic rings. The SMILES string of the molecule is CNS(=O)(=O)c1cc(Br)ccn1. The zero-order valence-electron chi connectivity index (χ0n) is 6.28. The lowest BCUT2D eigenvalue weighted by molar-refractivity contribution is 0.584. The van der Waals surface area contributed by atoms with Crippen LogP contribution in [0.3, 0.4) is 0 Å². The van der Waals surface area contributed by atoms with Gasteiger partial charge in [-0.1, -0.05) is 15.9 Å². The molecule has 1 N–H and O–H groups in total. The molecule has 0 aromatic carbocycles. The Morgan fingerprint density at radius 2 is 2.25 bits per heavy atom. The van der Waals surface area contributed by atoms with Crippen LogP contribution in [0.1, 0.15) is 0 Å². The van der Waals surface area contributed by atoms with Crippen LogP contribution in [0.5, 0.6) is 0 Å². The van der Waals surface area contributed by atoms with E-state index in [1.807, 2.05) is 0 Å². The fraction of sp³-hybridized carbons (Fsp3) is 0.167. The second kappa shape index (κ2) is 3.51. The third-order valence-corrected chi connectivity index (χ3v) is 3.05. The maximum Gasteiger partial charge on any atom is 0.257 e. The van der Waals surface area contributed by atoms with Gasteiger partial charge in [0.05, 0.1) is 0 Å². The zero-order chi connectivity index (χ0) is 9.19. The van der Waals surface area contributed by atoms with Crippen molar-refractivity contribution in [1.82, 2.24) is 9.71 Å². The fourth-order valence-electron chi connectivity index (χ4n) is 0.637. The number of halogens is 1. The standard InChI is InChI=1S/C6H7BrN2O2S/c1-8-12(10,11)6-4-5(7)2-3-9-6/h2-4,8H,1H3. The van der Waals surface area contributed by atoms with E-state index in [-0.39, 0.29) is 5.03 Å². The minimum Gasteiger partial charge on any atom is -0.243 e. The van der Waals surface area contributed by atoms with E-state index < -0.39 is 10.0 Å². The summed E-state index contributed by atoms with van der Waals surface area (Å²) in [5.41, 5.74) is 0. The predicted octanol–water partition coefficient (Wildman–Crippen LogP) is 0.752. The van der Waals surface area contributed by atoms with Gasteiger partial charge in [-0.3, -0.25) is 0 Å². The van der Waals surface area contributed by atoms with Gasteiger partial charge in [0.2, 0.25) is 0 Å². The number of nitrogens with zero attached hydrogens (tertiary/aromatic N) is 1. The summed E-state index contributed by atoms with van der Waals surface area (Å²) >= 11 is 3.15. The molecule has 0 bridgehead atoms. The van der Waals surface area contributed by atoms with E-state index in [0.717, 1.165) is 0 Å². The van der Waals surface area contributed by atoms with Gasteiger partial charge in [0.15, 0.2) is 5.03 Å². The van der Waals surface area contributed by atoms with Gasteiger partial charge in [-0.25, -0.2) is 18.1 Å². The molecule has 0 saturated heterocycles. The Kier molecular flexibility index (Phi) is 2.81. The number of nitrogens with one attached hydrogen (secondary N) is 1. The first-order valence-electron chi connectivity index (χ1n) is 3.11. The molecule has 4 nitrogen and oxygen atoms in total. The molecule has 0 unspecified atom stereocenters.